The van der Waals surface area contributed by atoms with Crippen molar-refractivity contribution in [2.45, 2.75) is 66.5 Å². The van der Waals surface area contributed by atoms with Gasteiger partial charge in [0, 0.05) is 72.6 Å². The van der Waals surface area contributed by atoms with E-state index in [1.54, 1.807) is 24.4 Å². The molecule has 1 aliphatic carbocycles. The SMILES string of the molecule is CN1CCC(Nc2ccc(S(=O)(=O)NC(=O)c3ccc(N4CCN(CC5=C(c6ccc(Cl)cc6)CC(C)(C)CC5)CC4)cc3Oc3ccc4[nH]ccc4c3)cc2S(=O)C(F)(F)Cl)CC1. The van der Waals surface area contributed by atoms with Gasteiger partial charge in [-0.15, -0.1) is 0 Å². The minimum absolute atomic E-state index is 0.0707. The van der Waals surface area contributed by atoms with Crippen molar-refractivity contribution in [2.24, 2.45) is 5.41 Å². The number of piperidine rings is 1. The maximum absolute atomic E-state index is 14.3. The Balaban J connectivity index is 1.03. The second kappa shape index (κ2) is 18.8. The summed E-state index contributed by atoms with van der Waals surface area (Å²) in [4.78, 5) is 23.0. The zero-order valence-corrected chi connectivity index (χ0v) is 39.1. The van der Waals surface area contributed by atoms with E-state index in [1.807, 2.05) is 37.4 Å². The molecule has 0 spiro atoms. The third kappa shape index (κ3) is 10.8. The largest absolute Gasteiger partial charge is 0.456 e. The second-order valence-corrected chi connectivity index (χ2v) is 22.0. The first-order chi connectivity index (χ1) is 30.4. The topological polar surface area (TPSA) is 127 Å². The maximum Gasteiger partial charge on any atom is 0.402 e. The van der Waals surface area contributed by atoms with Crippen LogP contribution in [0.4, 0.5) is 20.2 Å². The lowest BCUT2D eigenvalue weighted by Gasteiger charge is -2.39. The molecule has 11 nitrogen and oxygen atoms in total. The lowest BCUT2D eigenvalue weighted by Crippen LogP contribution is -2.47. The molecule has 2 fully saturated rings. The molecule has 1 atom stereocenters. The fourth-order valence-electron chi connectivity index (χ4n) is 8.78. The minimum atomic E-state index is -4.70. The molecule has 340 valence electrons. The number of aromatic nitrogens is 1. The van der Waals surface area contributed by atoms with E-state index in [1.165, 1.54) is 34.9 Å². The molecule has 1 amide bonds. The number of nitrogens with one attached hydrogen (secondary N) is 3. The number of carbonyl (C=O) groups is 1. The highest BCUT2D eigenvalue weighted by Crippen LogP contribution is 2.44. The van der Waals surface area contributed by atoms with Crippen LogP contribution in [0.5, 0.6) is 11.5 Å². The van der Waals surface area contributed by atoms with Crippen molar-refractivity contribution in [1.82, 2.24) is 19.5 Å². The van der Waals surface area contributed by atoms with Crippen LogP contribution in [0.15, 0.2) is 106 Å². The van der Waals surface area contributed by atoms with Gasteiger partial charge in [-0.2, -0.15) is 8.78 Å². The summed E-state index contributed by atoms with van der Waals surface area (Å²) in [5, 5.41) is 4.74. The number of hydrogen-bond acceptors (Lipinski definition) is 9. The number of carbonyl (C=O) groups excluding carboxylic acids is 1. The van der Waals surface area contributed by atoms with Gasteiger partial charge in [-0.25, -0.2) is 17.3 Å². The predicted molar refractivity (Wildman–Crippen MR) is 252 cm³/mol. The first-order valence-electron chi connectivity index (χ1n) is 21.4. The minimum Gasteiger partial charge on any atom is -0.456 e. The summed E-state index contributed by atoms with van der Waals surface area (Å²) in [7, 11) is -5.85. The molecule has 4 aromatic carbocycles. The number of sulfonamides is 1. The number of halogens is 4. The van der Waals surface area contributed by atoms with Crippen molar-refractivity contribution in [3.8, 4) is 11.5 Å². The van der Waals surface area contributed by atoms with Crippen LogP contribution >= 0.6 is 23.2 Å². The van der Waals surface area contributed by atoms with Crippen molar-refractivity contribution >= 4 is 77.8 Å². The van der Waals surface area contributed by atoms with Gasteiger partial charge < -0.3 is 24.8 Å². The van der Waals surface area contributed by atoms with E-state index >= 15 is 0 Å². The quantitative estimate of drug-likeness (QED) is 0.0989. The van der Waals surface area contributed by atoms with E-state index in [9.17, 15) is 26.2 Å². The third-order valence-corrected chi connectivity index (χ3v) is 15.6. The van der Waals surface area contributed by atoms with Crippen molar-refractivity contribution in [2.75, 3.05) is 63.1 Å². The van der Waals surface area contributed by atoms with Gasteiger partial charge in [0.25, 0.3) is 15.9 Å². The average molecular weight is 954 g/mol. The van der Waals surface area contributed by atoms with Crippen LogP contribution in [0.1, 0.15) is 61.9 Å². The number of likely N-dealkylation sites (tertiary alicyclic amines) is 1. The fraction of sp³-hybridized carbons (Fsp3) is 0.383. The molecule has 3 heterocycles. The van der Waals surface area contributed by atoms with Gasteiger partial charge >= 0.3 is 4.71 Å². The number of allylic oxidation sites excluding steroid dienone is 1. The van der Waals surface area contributed by atoms with Crippen molar-refractivity contribution in [3.05, 3.63) is 113 Å². The first kappa shape index (κ1) is 46.0. The molecule has 0 radical (unpaired) electrons. The Hall–Kier alpha value is -4.51. The summed E-state index contributed by atoms with van der Waals surface area (Å²) in [5.74, 6) is -0.465. The van der Waals surface area contributed by atoms with Crippen molar-refractivity contribution in [3.63, 3.8) is 0 Å². The zero-order chi connectivity index (χ0) is 45.4. The number of hydrogen-bond donors (Lipinski definition) is 3. The summed E-state index contributed by atoms with van der Waals surface area (Å²) < 4.78 is 73.7. The summed E-state index contributed by atoms with van der Waals surface area (Å²) in [6.45, 7) is 10.1. The van der Waals surface area contributed by atoms with E-state index in [4.69, 9.17) is 27.9 Å². The number of anilines is 2. The Kier molecular flexibility index (Phi) is 13.5. The lowest BCUT2D eigenvalue weighted by atomic mass is 9.72. The van der Waals surface area contributed by atoms with E-state index in [0.717, 1.165) is 79.7 Å². The molecule has 3 N–H and O–H groups in total. The molecule has 1 aromatic heterocycles. The van der Waals surface area contributed by atoms with Crippen LogP contribution in [-0.4, -0.2) is 96.9 Å². The van der Waals surface area contributed by atoms with Gasteiger partial charge in [0.15, 0.2) is 0 Å². The molecule has 64 heavy (non-hydrogen) atoms. The molecule has 2 aliphatic heterocycles. The van der Waals surface area contributed by atoms with E-state index < -0.39 is 41.2 Å². The summed E-state index contributed by atoms with van der Waals surface area (Å²) in [5.41, 5.74) is 5.96. The number of amides is 1. The lowest BCUT2D eigenvalue weighted by molar-refractivity contribution is 0.0979. The van der Waals surface area contributed by atoms with Crippen molar-refractivity contribution < 1.29 is 30.9 Å². The van der Waals surface area contributed by atoms with E-state index in [2.05, 4.69) is 55.7 Å². The van der Waals surface area contributed by atoms with Gasteiger partial charge in [-0.05, 0) is 147 Å². The molecule has 0 bridgehead atoms. The van der Waals surface area contributed by atoms with Gasteiger partial charge in [0.2, 0.25) is 0 Å². The molecular weight excluding hydrogens is 902 g/mol. The van der Waals surface area contributed by atoms with Gasteiger partial charge in [-0.3, -0.25) is 9.69 Å². The third-order valence-electron chi connectivity index (χ3n) is 12.5. The molecular formula is C47H52Cl2F2N6O5S2. The predicted octanol–water partition coefficient (Wildman–Crippen LogP) is 9.92. The standard InChI is InChI=1S/C47H52Cl2F2N6O5S2/c1-46(2)18-14-33(40(29-46)31-4-6-34(48)7-5-31)30-56-22-24-57(25-23-56)36-8-11-39(43(27-36)62-37-9-12-41-32(26-37)15-19-52-41)45(58)54-64(60,61)38-10-13-42(44(28-38)63(59)47(49,50)51)53-35-16-20-55(3)21-17-35/h4-13,15,19,26-28,35,52-53H,14,16-18,20-25,29-30H2,1-3H3,(H,54,58). The van der Waals surface area contributed by atoms with E-state index in [0.29, 0.717) is 31.7 Å². The molecule has 2 saturated heterocycles. The Morgan fingerprint density at radius 2 is 1.69 bits per heavy atom. The zero-order valence-electron chi connectivity index (χ0n) is 35.9. The van der Waals surface area contributed by atoms with Crippen LogP contribution in [0, 0.1) is 5.41 Å². The molecule has 3 aliphatic rings. The monoisotopic (exact) mass is 952 g/mol. The Bertz CT molecular complexity index is 2690. The number of piperazine rings is 1. The number of H-pyrrole nitrogens is 1. The number of nitrogens with zero attached hydrogens (tertiary/aromatic N) is 3. The number of ether oxygens (including phenoxy) is 1. The summed E-state index contributed by atoms with van der Waals surface area (Å²) >= 11 is 11.5. The fourth-order valence-corrected chi connectivity index (χ4v) is 11.0. The average Bonchev–Trinajstić information content (AvgIpc) is 3.73. The van der Waals surface area contributed by atoms with Crippen LogP contribution in [0.2, 0.25) is 5.02 Å². The molecule has 17 heteroatoms. The molecule has 8 rings (SSSR count). The van der Waals surface area contributed by atoms with Gasteiger partial charge in [0.05, 0.1) is 21.0 Å². The van der Waals surface area contributed by atoms with Crippen LogP contribution in [0.25, 0.3) is 16.5 Å². The molecule has 5 aromatic rings. The van der Waals surface area contributed by atoms with Crippen LogP contribution < -0.4 is 19.7 Å². The summed E-state index contributed by atoms with van der Waals surface area (Å²) in [6, 6.07) is 23.6. The Labute approximate surface area is 385 Å². The number of rotatable bonds is 13. The first-order valence-corrected chi connectivity index (χ1v) is 24.8. The van der Waals surface area contributed by atoms with Crippen LogP contribution in [0.3, 0.4) is 0 Å². The number of alkyl halides is 3. The smallest absolute Gasteiger partial charge is 0.402 e. The number of aromatic amines is 1. The maximum atomic E-state index is 14.3. The van der Waals surface area contributed by atoms with E-state index in [-0.39, 0.29) is 28.5 Å². The summed E-state index contributed by atoms with van der Waals surface area (Å²) in [6.07, 6.45) is 6.34. The molecule has 1 unspecified atom stereocenters. The van der Waals surface area contributed by atoms with Crippen LogP contribution in [-0.2, 0) is 20.8 Å². The van der Waals surface area contributed by atoms with Gasteiger partial charge in [-0.1, -0.05) is 43.2 Å². The normalized spacial score (nSPS) is 18.6. The number of fused-ring (bicyclic) bond motifs is 1. The Morgan fingerprint density at radius 3 is 2.41 bits per heavy atom. The number of benzene rings is 4. The highest BCUT2D eigenvalue weighted by atomic mass is 35.5. The highest BCUT2D eigenvalue weighted by molar-refractivity contribution is 7.90. The second-order valence-electron chi connectivity index (χ2n) is 17.7. The van der Waals surface area contributed by atoms with Gasteiger partial charge in [0.1, 0.15) is 22.3 Å². The molecule has 0 saturated carbocycles. The van der Waals surface area contributed by atoms with Crippen molar-refractivity contribution in [1.29, 1.82) is 0 Å². The highest BCUT2D eigenvalue weighted by Gasteiger charge is 2.38. The Morgan fingerprint density at radius 1 is 0.953 bits per heavy atom.